The van der Waals surface area contributed by atoms with Crippen molar-refractivity contribution < 1.29 is 0 Å². The number of pyridine rings is 6. The lowest BCUT2D eigenvalue weighted by atomic mass is 10.0. The average Bonchev–Trinajstić information content (AvgIpc) is 3.55. The molecule has 0 radical (unpaired) electrons. The number of hydrogen-bond donors (Lipinski definition) is 0. The summed E-state index contributed by atoms with van der Waals surface area (Å²) in [6.45, 7) is 0. The number of para-hydroxylation sites is 6. The van der Waals surface area contributed by atoms with Gasteiger partial charge in [0.15, 0.2) is 50.0 Å². The summed E-state index contributed by atoms with van der Waals surface area (Å²) in [7, 11) is 0. The van der Waals surface area contributed by atoms with Crippen molar-refractivity contribution in [3.63, 3.8) is 0 Å². The minimum absolute atomic E-state index is 0.154. The van der Waals surface area contributed by atoms with Crippen molar-refractivity contribution in [3.8, 4) is 34.2 Å². The van der Waals surface area contributed by atoms with Crippen LogP contribution >= 0.6 is 0 Å². The topological polar surface area (TPSA) is 154 Å². The van der Waals surface area contributed by atoms with E-state index < -0.39 is 0 Å². The molecule has 9 aromatic carbocycles. The fourth-order valence-electron chi connectivity index (χ4n) is 11.9. The van der Waals surface area contributed by atoms with E-state index >= 15 is 0 Å². The van der Waals surface area contributed by atoms with E-state index in [1.54, 1.807) is 91.0 Å². The van der Waals surface area contributed by atoms with Gasteiger partial charge in [-0.3, -0.25) is 28.8 Å². The summed E-state index contributed by atoms with van der Waals surface area (Å²) in [4.78, 5) is 101. The molecule has 7 heterocycles. The first-order valence-corrected chi connectivity index (χ1v) is 24.3. The maximum atomic E-state index is 14.7. The Morgan fingerprint density at radius 3 is 0.733 bits per heavy atom. The summed E-state index contributed by atoms with van der Waals surface area (Å²) in [5.41, 5.74) is 5.58. The van der Waals surface area contributed by atoms with Gasteiger partial charge < -0.3 is 13.2 Å². The van der Waals surface area contributed by atoms with Gasteiger partial charge in [-0.15, -0.1) is 0 Å². The standard InChI is InChI=1S/C63H30N6O6/c70-55-34-10-1-4-19-46(34)67-49-25-22-31(28-43(49)58(73)40-16-7-13-37(55)52(40)67)61-64-62(32-23-26-50-44(29-32)59(74)41-17-8-14-38-53(41)68(50)47-20-5-2-11-35(47)56(38)71)66-63(65-61)33-24-27-51-45(30-33)60(75)42-18-9-15-39-54(42)69(51)48-21-6-3-12-36(48)57(39)72/h1-30H. The summed E-state index contributed by atoms with van der Waals surface area (Å²) in [6, 6.07) is 54.0. The van der Waals surface area contributed by atoms with Crippen LogP contribution in [0.15, 0.2) is 211 Å². The minimum Gasteiger partial charge on any atom is -0.308 e. The van der Waals surface area contributed by atoms with Crippen molar-refractivity contribution >= 4 is 114 Å². The second kappa shape index (κ2) is 14.5. The molecule has 16 aromatic rings. The molecular formula is C63H30N6O6. The highest BCUT2D eigenvalue weighted by atomic mass is 16.1. The van der Waals surface area contributed by atoms with Crippen molar-refractivity contribution in [1.29, 1.82) is 0 Å². The highest BCUT2D eigenvalue weighted by Crippen LogP contribution is 2.35. The minimum atomic E-state index is -0.267. The van der Waals surface area contributed by atoms with Crippen LogP contribution in [0.2, 0.25) is 0 Å². The Hall–Kier alpha value is -10.6. The predicted molar refractivity (Wildman–Crippen MR) is 298 cm³/mol. The van der Waals surface area contributed by atoms with Gasteiger partial charge in [0.2, 0.25) is 0 Å². The summed E-state index contributed by atoms with van der Waals surface area (Å²) in [6.07, 6.45) is 0. The Kier molecular flexibility index (Phi) is 7.95. The number of fused-ring (bicyclic) bond motifs is 12. The smallest absolute Gasteiger partial charge is 0.197 e. The largest absolute Gasteiger partial charge is 0.308 e. The Balaban J connectivity index is 0.978. The van der Waals surface area contributed by atoms with Crippen LogP contribution in [0.3, 0.4) is 0 Å². The SMILES string of the molecule is O=c1c2ccccc2n2c3ccc(-c4nc(-c5ccc6c(c5)c(=O)c5cccc7c(=O)c8ccccc8n6c75)nc(-c5ccc6c(c5)c(=O)c5cccc7c(=O)c8ccccc8n6c75)n4)cc3c(=O)c3cccc1c32. The second-order valence-electron chi connectivity index (χ2n) is 19.1. The van der Waals surface area contributed by atoms with E-state index in [-0.39, 0.29) is 50.0 Å². The Morgan fingerprint density at radius 2 is 0.453 bits per heavy atom. The first kappa shape index (κ1) is 41.1. The van der Waals surface area contributed by atoms with E-state index in [4.69, 9.17) is 15.0 Å². The monoisotopic (exact) mass is 966 g/mol. The van der Waals surface area contributed by atoms with Crippen LogP contribution in [0, 0.1) is 0 Å². The summed E-state index contributed by atoms with van der Waals surface area (Å²) in [5, 5.41) is 5.18. The highest BCUT2D eigenvalue weighted by molar-refractivity contribution is 6.11. The van der Waals surface area contributed by atoms with Crippen molar-refractivity contribution in [2.75, 3.05) is 0 Å². The van der Waals surface area contributed by atoms with Gasteiger partial charge in [0.25, 0.3) is 0 Å². The van der Waals surface area contributed by atoms with Gasteiger partial charge in [0.05, 0.1) is 49.7 Å². The van der Waals surface area contributed by atoms with Crippen LogP contribution < -0.4 is 32.6 Å². The average molecular weight is 967 g/mol. The molecule has 0 aliphatic carbocycles. The molecule has 0 saturated heterocycles. The third kappa shape index (κ3) is 5.35. The molecule has 0 fully saturated rings. The molecule has 0 N–H and O–H groups in total. The van der Waals surface area contributed by atoms with Crippen molar-refractivity contribution in [3.05, 3.63) is 243 Å². The zero-order valence-corrected chi connectivity index (χ0v) is 39.0. The molecule has 348 valence electrons. The molecule has 12 heteroatoms. The Labute approximate surface area is 418 Å². The summed E-state index contributed by atoms with van der Waals surface area (Å²) < 4.78 is 5.90. The molecule has 0 spiro atoms. The molecule has 0 atom stereocenters. The second-order valence-corrected chi connectivity index (χ2v) is 19.1. The third-order valence-electron chi connectivity index (χ3n) is 15.3. The number of benzene rings is 9. The lowest BCUT2D eigenvalue weighted by Crippen LogP contribution is -2.14. The van der Waals surface area contributed by atoms with Crippen LogP contribution in [0.4, 0.5) is 0 Å². The molecule has 0 unspecified atom stereocenters. The fourth-order valence-corrected chi connectivity index (χ4v) is 11.9. The molecule has 7 aromatic heterocycles. The van der Waals surface area contributed by atoms with E-state index in [0.29, 0.717) is 131 Å². The van der Waals surface area contributed by atoms with E-state index in [1.807, 2.05) is 104 Å². The van der Waals surface area contributed by atoms with Crippen LogP contribution in [0.25, 0.3) is 148 Å². The van der Waals surface area contributed by atoms with Gasteiger partial charge in [-0.05, 0) is 127 Å². The Bertz CT molecular complexity index is 5140. The van der Waals surface area contributed by atoms with E-state index in [1.165, 1.54) is 0 Å². The zero-order chi connectivity index (χ0) is 50.1. The first-order chi connectivity index (χ1) is 36.7. The molecule has 12 nitrogen and oxygen atoms in total. The molecule has 0 aliphatic rings. The van der Waals surface area contributed by atoms with Crippen molar-refractivity contribution in [2.24, 2.45) is 0 Å². The first-order valence-electron chi connectivity index (χ1n) is 24.3. The van der Waals surface area contributed by atoms with Crippen LogP contribution in [0.5, 0.6) is 0 Å². The zero-order valence-electron chi connectivity index (χ0n) is 39.0. The van der Waals surface area contributed by atoms with Gasteiger partial charge in [-0.25, -0.2) is 15.0 Å². The quantitative estimate of drug-likeness (QED) is 0.124. The van der Waals surface area contributed by atoms with Crippen molar-refractivity contribution in [2.45, 2.75) is 0 Å². The highest BCUT2D eigenvalue weighted by Gasteiger charge is 2.23. The van der Waals surface area contributed by atoms with Crippen LogP contribution in [0.1, 0.15) is 0 Å². The van der Waals surface area contributed by atoms with Gasteiger partial charge in [0, 0.05) is 81.3 Å². The summed E-state index contributed by atoms with van der Waals surface area (Å²) in [5.74, 6) is 0.637. The number of hydrogen-bond acceptors (Lipinski definition) is 9. The molecule has 75 heavy (non-hydrogen) atoms. The van der Waals surface area contributed by atoms with E-state index in [0.717, 1.165) is 0 Å². The molecule has 0 aliphatic heterocycles. The molecular weight excluding hydrogens is 937 g/mol. The van der Waals surface area contributed by atoms with Crippen molar-refractivity contribution in [1.82, 2.24) is 28.2 Å². The number of nitrogens with zero attached hydrogens (tertiary/aromatic N) is 6. The Morgan fingerprint density at radius 1 is 0.227 bits per heavy atom. The van der Waals surface area contributed by atoms with E-state index in [9.17, 15) is 28.8 Å². The van der Waals surface area contributed by atoms with Gasteiger partial charge >= 0.3 is 0 Å². The molecule has 0 amide bonds. The lowest BCUT2D eigenvalue weighted by Gasteiger charge is -2.16. The molecule has 0 saturated carbocycles. The van der Waals surface area contributed by atoms with E-state index in [2.05, 4.69) is 0 Å². The maximum Gasteiger partial charge on any atom is 0.197 e. The molecule has 16 rings (SSSR count). The third-order valence-corrected chi connectivity index (χ3v) is 15.3. The van der Waals surface area contributed by atoms with Gasteiger partial charge in [-0.1, -0.05) is 54.6 Å². The predicted octanol–water partition coefficient (Wildman–Crippen LogP) is 10.5. The fraction of sp³-hybridized carbons (Fsp3) is 0. The van der Waals surface area contributed by atoms with Gasteiger partial charge in [0.1, 0.15) is 0 Å². The number of rotatable bonds is 3. The van der Waals surface area contributed by atoms with Gasteiger partial charge in [-0.2, -0.15) is 0 Å². The van der Waals surface area contributed by atoms with Crippen LogP contribution in [-0.2, 0) is 0 Å². The summed E-state index contributed by atoms with van der Waals surface area (Å²) >= 11 is 0. The number of aromatic nitrogens is 6. The lowest BCUT2D eigenvalue weighted by molar-refractivity contribution is 1.07. The van der Waals surface area contributed by atoms with Crippen LogP contribution in [-0.4, -0.2) is 28.2 Å². The molecule has 0 bridgehead atoms. The normalized spacial score (nSPS) is 12.3. The maximum absolute atomic E-state index is 14.7.